The van der Waals surface area contributed by atoms with Gasteiger partial charge in [0.25, 0.3) is 5.56 Å². The van der Waals surface area contributed by atoms with E-state index in [1.54, 1.807) is 13.1 Å². The molecule has 28 heavy (non-hydrogen) atoms. The summed E-state index contributed by atoms with van der Waals surface area (Å²) in [5.41, 5.74) is 4.28. The summed E-state index contributed by atoms with van der Waals surface area (Å²) in [6.07, 6.45) is 2.20. The van der Waals surface area contributed by atoms with E-state index in [2.05, 4.69) is 48.1 Å². The molecule has 2 atom stereocenters. The molecule has 0 radical (unpaired) electrons. The Morgan fingerprint density at radius 1 is 1.21 bits per heavy atom. The Kier molecular flexibility index (Phi) is 4.96. The number of amides is 1. The summed E-state index contributed by atoms with van der Waals surface area (Å²) in [5, 5.41) is 4.35. The molecule has 2 aromatic rings. The molecule has 1 saturated heterocycles. The molecule has 148 valence electrons. The van der Waals surface area contributed by atoms with Gasteiger partial charge < -0.3 is 9.80 Å². The van der Waals surface area contributed by atoms with E-state index >= 15 is 0 Å². The molecule has 0 N–H and O–H groups in total. The van der Waals surface area contributed by atoms with E-state index < -0.39 is 0 Å². The number of piperazine rings is 1. The second-order valence-electron chi connectivity index (χ2n) is 8.18. The van der Waals surface area contributed by atoms with Gasteiger partial charge in [-0.2, -0.15) is 5.10 Å². The van der Waals surface area contributed by atoms with Gasteiger partial charge in [0, 0.05) is 50.4 Å². The van der Waals surface area contributed by atoms with Gasteiger partial charge >= 0.3 is 0 Å². The van der Waals surface area contributed by atoms with Crippen molar-refractivity contribution in [3.05, 3.63) is 57.5 Å². The number of rotatable bonds is 2. The number of hydrogen-bond acceptors (Lipinski definition) is 4. The zero-order valence-electron chi connectivity index (χ0n) is 16.9. The van der Waals surface area contributed by atoms with Crippen molar-refractivity contribution in [2.75, 3.05) is 24.5 Å². The first-order valence-corrected chi connectivity index (χ1v) is 10.1. The molecule has 0 spiro atoms. The highest BCUT2D eigenvalue weighted by molar-refractivity contribution is 5.80. The number of aryl methyl sites for hydroxylation is 3. The maximum atomic E-state index is 13.2. The van der Waals surface area contributed by atoms with Crippen molar-refractivity contribution in [1.82, 2.24) is 14.7 Å². The third-order valence-corrected chi connectivity index (χ3v) is 6.08. The minimum absolute atomic E-state index is 0.0425. The molecule has 1 aliphatic carbocycles. The number of fused-ring (bicyclic) bond motifs is 1. The van der Waals surface area contributed by atoms with Gasteiger partial charge in [0.2, 0.25) is 5.91 Å². The molecule has 4 rings (SSSR count). The molecule has 1 fully saturated rings. The quantitative estimate of drug-likeness (QED) is 0.799. The van der Waals surface area contributed by atoms with E-state index in [-0.39, 0.29) is 23.4 Å². The normalized spacial score (nSPS) is 22.1. The van der Waals surface area contributed by atoms with Gasteiger partial charge in [-0.1, -0.05) is 12.1 Å². The third-order valence-electron chi connectivity index (χ3n) is 6.08. The average Bonchev–Trinajstić information content (AvgIpc) is 2.68. The van der Waals surface area contributed by atoms with Crippen LogP contribution in [0.1, 0.15) is 30.2 Å². The fraction of sp³-hybridized carbons (Fsp3) is 0.500. The molecule has 0 bridgehead atoms. The Morgan fingerprint density at radius 3 is 2.79 bits per heavy atom. The predicted molar refractivity (Wildman–Crippen MR) is 110 cm³/mol. The predicted octanol–water partition coefficient (Wildman–Crippen LogP) is 1.93. The van der Waals surface area contributed by atoms with Crippen molar-refractivity contribution in [3.8, 4) is 0 Å². The lowest BCUT2D eigenvalue weighted by Gasteiger charge is -2.42. The maximum Gasteiger partial charge on any atom is 0.266 e. The van der Waals surface area contributed by atoms with Gasteiger partial charge in [0.05, 0.1) is 5.69 Å². The Labute approximate surface area is 165 Å². The smallest absolute Gasteiger partial charge is 0.266 e. The summed E-state index contributed by atoms with van der Waals surface area (Å²) in [5.74, 6) is 0.182. The van der Waals surface area contributed by atoms with Crippen LogP contribution >= 0.6 is 0 Å². The number of aromatic nitrogens is 2. The van der Waals surface area contributed by atoms with Gasteiger partial charge in [-0.05, 0) is 56.4 Å². The topological polar surface area (TPSA) is 58.4 Å². The van der Waals surface area contributed by atoms with Gasteiger partial charge in [0.15, 0.2) is 0 Å². The second-order valence-corrected chi connectivity index (χ2v) is 8.18. The highest BCUT2D eigenvalue weighted by atomic mass is 16.2. The fourth-order valence-corrected chi connectivity index (χ4v) is 4.50. The second kappa shape index (κ2) is 7.41. The van der Waals surface area contributed by atoms with Crippen molar-refractivity contribution < 1.29 is 4.79 Å². The molecule has 6 heteroatoms. The Morgan fingerprint density at radius 2 is 2.04 bits per heavy atom. The van der Waals surface area contributed by atoms with E-state index in [4.69, 9.17) is 0 Å². The van der Waals surface area contributed by atoms with E-state index in [0.717, 1.165) is 43.7 Å². The molecule has 1 aliphatic heterocycles. The summed E-state index contributed by atoms with van der Waals surface area (Å²) in [6, 6.07) is 10.5. The summed E-state index contributed by atoms with van der Waals surface area (Å²) in [6.45, 7) is 6.63. The van der Waals surface area contributed by atoms with E-state index in [9.17, 15) is 9.59 Å². The Hall–Kier alpha value is -2.63. The van der Waals surface area contributed by atoms with Crippen molar-refractivity contribution in [1.29, 1.82) is 0 Å². The third kappa shape index (κ3) is 3.55. The standard InChI is InChI=1S/C22H28N4O2/c1-15-5-4-6-19(11-15)26-10-9-25(14-16(26)2)22(28)17-7-8-20-18(12-17)13-21(27)24(3)23-20/h4-6,11,13,16-17H,7-10,12,14H2,1-3H3. The highest BCUT2D eigenvalue weighted by Crippen LogP contribution is 2.27. The number of hydrogen-bond donors (Lipinski definition) is 0. The number of carbonyl (C=O) groups excluding carboxylic acids is 1. The molecule has 0 saturated carbocycles. The summed E-state index contributed by atoms with van der Waals surface area (Å²) in [4.78, 5) is 29.5. The first-order valence-electron chi connectivity index (χ1n) is 10.1. The minimum atomic E-state index is -0.104. The van der Waals surface area contributed by atoms with Crippen molar-refractivity contribution in [2.45, 2.75) is 39.2 Å². The zero-order valence-corrected chi connectivity index (χ0v) is 16.9. The largest absolute Gasteiger partial charge is 0.365 e. The summed E-state index contributed by atoms with van der Waals surface area (Å²) >= 11 is 0. The van der Waals surface area contributed by atoms with Crippen LogP contribution in [0.5, 0.6) is 0 Å². The van der Waals surface area contributed by atoms with Crippen molar-refractivity contribution >= 4 is 11.6 Å². The lowest BCUT2D eigenvalue weighted by molar-refractivity contribution is -0.136. The summed E-state index contributed by atoms with van der Waals surface area (Å²) < 4.78 is 1.38. The van der Waals surface area contributed by atoms with Gasteiger partial charge in [-0.25, -0.2) is 4.68 Å². The minimum Gasteiger partial charge on any atom is -0.365 e. The molecular weight excluding hydrogens is 352 g/mol. The van der Waals surface area contributed by atoms with Gasteiger partial charge in [-0.15, -0.1) is 0 Å². The molecule has 2 heterocycles. The first-order chi connectivity index (χ1) is 13.4. The first kappa shape index (κ1) is 18.7. The maximum absolute atomic E-state index is 13.2. The number of carbonyl (C=O) groups is 1. The molecule has 6 nitrogen and oxygen atoms in total. The van der Waals surface area contributed by atoms with Crippen LogP contribution in [0.3, 0.4) is 0 Å². The van der Waals surface area contributed by atoms with Crippen LogP contribution in [0.15, 0.2) is 35.1 Å². The van der Waals surface area contributed by atoms with Gasteiger partial charge in [-0.3, -0.25) is 9.59 Å². The van der Waals surface area contributed by atoms with E-state index in [1.807, 2.05) is 4.90 Å². The average molecular weight is 380 g/mol. The number of anilines is 1. The zero-order chi connectivity index (χ0) is 19.8. The molecule has 1 aromatic carbocycles. The summed E-state index contributed by atoms with van der Waals surface area (Å²) in [7, 11) is 1.68. The van der Waals surface area contributed by atoms with Crippen LogP contribution in [-0.4, -0.2) is 46.3 Å². The van der Waals surface area contributed by atoms with E-state index in [0.29, 0.717) is 6.42 Å². The lowest BCUT2D eigenvalue weighted by atomic mass is 9.85. The number of benzene rings is 1. The fourth-order valence-electron chi connectivity index (χ4n) is 4.50. The van der Waals surface area contributed by atoms with Crippen LogP contribution in [0.2, 0.25) is 0 Å². The lowest BCUT2D eigenvalue weighted by Crippen LogP contribution is -2.55. The van der Waals surface area contributed by atoms with Gasteiger partial charge in [0.1, 0.15) is 0 Å². The van der Waals surface area contributed by atoms with Crippen LogP contribution in [0.25, 0.3) is 0 Å². The highest BCUT2D eigenvalue weighted by Gasteiger charge is 2.33. The van der Waals surface area contributed by atoms with Crippen LogP contribution in [0, 0.1) is 12.8 Å². The Balaban J connectivity index is 1.44. The van der Waals surface area contributed by atoms with Crippen LogP contribution in [-0.2, 0) is 24.7 Å². The Bertz CT molecular complexity index is 952. The molecular formula is C22H28N4O2. The monoisotopic (exact) mass is 380 g/mol. The van der Waals surface area contributed by atoms with Crippen LogP contribution < -0.4 is 10.5 Å². The van der Waals surface area contributed by atoms with Crippen molar-refractivity contribution in [3.63, 3.8) is 0 Å². The number of nitrogens with zero attached hydrogens (tertiary/aromatic N) is 4. The SMILES string of the molecule is Cc1cccc(N2CCN(C(=O)C3CCc4nn(C)c(=O)cc4C3)CC2C)c1. The molecule has 2 aliphatic rings. The van der Waals surface area contributed by atoms with E-state index in [1.165, 1.54) is 15.9 Å². The van der Waals surface area contributed by atoms with Crippen molar-refractivity contribution in [2.24, 2.45) is 13.0 Å². The molecule has 1 aromatic heterocycles. The molecule has 2 unspecified atom stereocenters. The van der Waals surface area contributed by atoms with Crippen LogP contribution in [0.4, 0.5) is 5.69 Å². The molecule has 1 amide bonds.